The number of ether oxygens (including phenoxy) is 2. The number of nitrogens with zero attached hydrogens (tertiary/aromatic N) is 1. The van der Waals surface area contributed by atoms with Crippen LogP contribution < -0.4 is 10.5 Å². The van der Waals surface area contributed by atoms with Crippen molar-refractivity contribution in [1.82, 2.24) is 0 Å². The van der Waals surface area contributed by atoms with Gasteiger partial charge in [0.15, 0.2) is 17.3 Å². The van der Waals surface area contributed by atoms with Gasteiger partial charge in [-0.1, -0.05) is 25.4 Å². The molecule has 3 rings (SSSR count). The third kappa shape index (κ3) is 3.35. The molecular weight excluding hydrogens is 368 g/mol. The number of nitrogens with two attached hydrogens (primary N) is 1. The Morgan fingerprint density at radius 3 is 2.78 bits per heavy atom. The van der Waals surface area contributed by atoms with Gasteiger partial charge in [0.1, 0.15) is 17.4 Å². The van der Waals surface area contributed by atoms with Crippen molar-refractivity contribution in [3.63, 3.8) is 0 Å². The van der Waals surface area contributed by atoms with Gasteiger partial charge in [-0.2, -0.15) is 5.26 Å². The lowest BCUT2D eigenvalue weighted by atomic mass is 9.70. The Morgan fingerprint density at radius 2 is 2.15 bits per heavy atom. The van der Waals surface area contributed by atoms with Gasteiger partial charge in [-0.3, -0.25) is 4.79 Å². The lowest BCUT2D eigenvalue weighted by molar-refractivity contribution is -0.119. The maximum Gasteiger partial charge on any atom is 0.205 e. The number of halogens is 1. The molecule has 0 radical (unpaired) electrons. The van der Waals surface area contributed by atoms with Crippen LogP contribution in [0.1, 0.15) is 45.1 Å². The van der Waals surface area contributed by atoms with Crippen molar-refractivity contribution in [3.05, 3.63) is 45.5 Å². The molecule has 0 spiro atoms. The summed E-state index contributed by atoms with van der Waals surface area (Å²) in [6, 6.07) is 5.17. The molecule has 1 aromatic carbocycles. The van der Waals surface area contributed by atoms with Crippen molar-refractivity contribution in [2.75, 3.05) is 6.61 Å². The zero-order valence-electron chi connectivity index (χ0n) is 15.4. The van der Waals surface area contributed by atoms with Gasteiger partial charge in [0.25, 0.3) is 0 Å². The number of benzene rings is 1. The Labute approximate surface area is 162 Å². The second kappa shape index (κ2) is 6.82. The van der Waals surface area contributed by atoms with Gasteiger partial charge in [-0.05, 0) is 30.0 Å². The Bertz CT molecular complexity index is 925. The standard InChI is InChI=1S/C20H21ClN2O4/c1-4-26-14-6-10(5-12(21)18(14)25)16-11(9-22)19(23)27-15-8-20(2,3)7-13(24)17(15)16/h5-6,16,25H,4,7-8,23H2,1-3H3. The number of hydrogen-bond donors (Lipinski definition) is 2. The largest absolute Gasteiger partial charge is 0.503 e. The van der Waals surface area contributed by atoms with Crippen molar-refractivity contribution in [2.45, 2.75) is 39.5 Å². The summed E-state index contributed by atoms with van der Waals surface area (Å²) in [7, 11) is 0. The van der Waals surface area contributed by atoms with Crippen LogP contribution in [0.25, 0.3) is 0 Å². The fourth-order valence-corrected chi connectivity index (χ4v) is 3.86. The number of rotatable bonds is 3. The highest BCUT2D eigenvalue weighted by Crippen LogP contribution is 2.49. The Hall–Kier alpha value is -2.65. The fraction of sp³-hybridized carbons (Fsp3) is 0.400. The zero-order valence-corrected chi connectivity index (χ0v) is 16.2. The molecule has 0 bridgehead atoms. The van der Waals surface area contributed by atoms with E-state index in [9.17, 15) is 15.2 Å². The van der Waals surface area contributed by atoms with Crippen LogP contribution in [0.3, 0.4) is 0 Å². The third-order valence-corrected chi connectivity index (χ3v) is 5.05. The predicted octanol–water partition coefficient (Wildman–Crippen LogP) is 3.90. The number of phenolic OH excluding ortho intramolecular Hbond substituents is 1. The summed E-state index contributed by atoms with van der Waals surface area (Å²) in [6.45, 7) is 6.07. The van der Waals surface area contributed by atoms with Crippen LogP contribution in [0.15, 0.2) is 34.9 Å². The average Bonchev–Trinajstić information content (AvgIpc) is 2.56. The van der Waals surface area contributed by atoms with E-state index in [4.69, 9.17) is 26.8 Å². The molecule has 2 aliphatic rings. The van der Waals surface area contributed by atoms with Gasteiger partial charge in [-0.15, -0.1) is 0 Å². The minimum absolute atomic E-state index is 0.0195. The SMILES string of the molecule is CCOc1cc(C2C(C#N)=C(N)OC3=C2C(=O)CC(C)(C)C3)cc(Cl)c1O. The van der Waals surface area contributed by atoms with Crippen LogP contribution in [0.5, 0.6) is 11.5 Å². The summed E-state index contributed by atoms with van der Waals surface area (Å²) in [5.74, 6) is -0.328. The van der Waals surface area contributed by atoms with E-state index in [1.54, 1.807) is 13.0 Å². The molecule has 1 aromatic rings. The topological polar surface area (TPSA) is 106 Å². The van der Waals surface area contributed by atoms with Crippen molar-refractivity contribution < 1.29 is 19.4 Å². The smallest absolute Gasteiger partial charge is 0.205 e. The first-order valence-electron chi connectivity index (χ1n) is 8.67. The van der Waals surface area contributed by atoms with E-state index >= 15 is 0 Å². The number of hydrogen-bond acceptors (Lipinski definition) is 6. The highest BCUT2D eigenvalue weighted by molar-refractivity contribution is 6.32. The second-order valence-corrected chi connectivity index (χ2v) is 7.89. The lowest BCUT2D eigenvalue weighted by Crippen LogP contribution is -2.33. The molecule has 0 amide bonds. The normalized spacial score (nSPS) is 21.4. The van der Waals surface area contributed by atoms with Crippen LogP contribution in [0, 0.1) is 16.7 Å². The highest BCUT2D eigenvalue weighted by atomic mass is 35.5. The summed E-state index contributed by atoms with van der Waals surface area (Å²) >= 11 is 6.17. The molecule has 1 aliphatic heterocycles. The van der Waals surface area contributed by atoms with Gasteiger partial charge in [-0.25, -0.2) is 0 Å². The van der Waals surface area contributed by atoms with Crippen molar-refractivity contribution >= 4 is 17.4 Å². The molecular formula is C20H21ClN2O4. The zero-order chi connectivity index (χ0) is 19.9. The monoisotopic (exact) mass is 388 g/mol. The highest BCUT2D eigenvalue weighted by Gasteiger charge is 2.43. The Kier molecular flexibility index (Phi) is 4.83. The van der Waals surface area contributed by atoms with Crippen LogP contribution in [0.2, 0.25) is 5.02 Å². The van der Waals surface area contributed by atoms with Crippen molar-refractivity contribution in [3.8, 4) is 17.6 Å². The number of ketones is 1. The summed E-state index contributed by atoms with van der Waals surface area (Å²) in [6.07, 6.45) is 0.878. The molecule has 6 nitrogen and oxygen atoms in total. The summed E-state index contributed by atoms with van der Waals surface area (Å²) in [5.41, 5.74) is 6.85. The van der Waals surface area contributed by atoms with E-state index in [-0.39, 0.29) is 39.2 Å². The fourth-order valence-electron chi connectivity index (χ4n) is 3.64. The van der Waals surface area contributed by atoms with E-state index in [1.807, 2.05) is 13.8 Å². The molecule has 1 aliphatic carbocycles. The molecule has 27 heavy (non-hydrogen) atoms. The molecule has 0 fully saturated rings. The molecule has 7 heteroatoms. The lowest BCUT2D eigenvalue weighted by Gasteiger charge is -2.37. The molecule has 0 aromatic heterocycles. The van der Waals surface area contributed by atoms with Crippen LogP contribution in [-0.4, -0.2) is 17.5 Å². The number of nitriles is 1. The van der Waals surface area contributed by atoms with Crippen LogP contribution in [-0.2, 0) is 9.53 Å². The number of carbonyl (C=O) groups is 1. The van der Waals surface area contributed by atoms with Crippen LogP contribution in [0.4, 0.5) is 0 Å². The second-order valence-electron chi connectivity index (χ2n) is 7.49. The summed E-state index contributed by atoms with van der Waals surface area (Å²) < 4.78 is 11.1. The van der Waals surface area contributed by atoms with Gasteiger partial charge in [0, 0.05) is 18.4 Å². The van der Waals surface area contributed by atoms with E-state index in [0.29, 0.717) is 36.3 Å². The predicted molar refractivity (Wildman–Crippen MR) is 100.0 cm³/mol. The summed E-state index contributed by atoms with van der Waals surface area (Å²) in [4.78, 5) is 12.9. The average molecular weight is 389 g/mol. The molecule has 0 saturated carbocycles. The quantitative estimate of drug-likeness (QED) is 0.813. The number of Topliss-reactive ketones (excluding diaryl/α,β-unsaturated/α-hetero) is 1. The number of carbonyl (C=O) groups excluding carboxylic acids is 1. The molecule has 1 unspecified atom stereocenters. The van der Waals surface area contributed by atoms with Crippen molar-refractivity contribution in [2.24, 2.45) is 11.1 Å². The van der Waals surface area contributed by atoms with Crippen LogP contribution >= 0.6 is 11.6 Å². The third-order valence-electron chi connectivity index (χ3n) is 4.76. The van der Waals surface area contributed by atoms with Gasteiger partial charge in [0.05, 0.1) is 17.5 Å². The molecule has 142 valence electrons. The maximum absolute atomic E-state index is 12.9. The number of allylic oxidation sites excluding steroid dienone is 3. The molecule has 1 atom stereocenters. The molecule has 3 N–H and O–H groups in total. The number of aromatic hydroxyl groups is 1. The maximum atomic E-state index is 12.9. The Morgan fingerprint density at radius 1 is 1.44 bits per heavy atom. The van der Waals surface area contributed by atoms with Gasteiger partial charge >= 0.3 is 0 Å². The van der Waals surface area contributed by atoms with Crippen molar-refractivity contribution in [1.29, 1.82) is 5.26 Å². The number of phenols is 1. The first-order valence-corrected chi connectivity index (χ1v) is 9.05. The molecule has 1 heterocycles. The Balaban J connectivity index is 2.22. The van der Waals surface area contributed by atoms with Gasteiger partial charge < -0.3 is 20.3 Å². The summed E-state index contributed by atoms with van der Waals surface area (Å²) in [5, 5.41) is 19.8. The van der Waals surface area contributed by atoms with Gasteiger partial charge in [0.2, 0.25) is 5.88 Å². The minimum atomic E-state index is -0.709. The van der Waals surface area contributed by atoms with E-state index < -0.39 is 5.92 Å². The first-order chi connectivity index (χ1) is 12.7. The van der Waals surface area contributed by atoms with E-state index in [2.05, 4.69) is 6.07 Å². The van der Waals surface area contributed by atoms with E-state index in [0.717, 1.165) is 0 Å². The minimum Gasteiger partial charge on any atom is -0.503 e. The molecule has 0 saturated heterocycles. The first kappa shape index (κ1) is 19.1. The van der Waals surface area contributed by atoms with E-state index in [1.165, 1.54) is 6.07 Å².